The van der Waals surface area contributed by atoms with E-state index in [9.17, 15) is 29.4 Å². The molecular formula is C16H14N2O7. The van der Waals surface area contributed by atoms with Crippen LogP contribution in [-0.4, -0.2) is 40.2 Å². The average molecular weight is 346 g/mol. The maximum atomic E-state index is 12.0. The van der Waals surface area contributed by atoms with Gasteiger partial charge in [-0.1, -0.05) is 6.07 Å². The van der Waals surface area contributed by atoms with Gasteiger partial charge in [-0.3, -0.25) is 4.79 Å². The number of rotatable bonds is 4. The molecule has 0 unspecified atom stereocenters. The summed E-state index contributed by atoms with van der Waals surface area (Å²) in [4.78, 5) is 48.9. The van der Waals surface area contributed by atoms with Crippen LogP contribution in [0.4, 0.5) is 5.82 Å². The molecule has 130 valence electrons. The van der Waals surface area contributed by atoms with Crippen LogP contribution in [0.1, 0.15) is 36.6 Å². The Balaban J connectivity index is 2.98. The minimum absolute atomic E-state index is 0.0491. The van der Waals surface area contributed by atoms with Gasteiger partial charge in [0.2, 0.25) is 0 Å². The van der Waals surface area contributed by atoms with Crippen molar-refractivity contribution in [3.05, 3.63) is 50.8 Å². The Labute approximate surface area is 140 Å². The largest absolute Gasteiger partial charge is 0.478 e. The molecule has 2 aromatic rings. The highest BCUT2D eigenvalue weighted by Gasteiger charge is 2.27. The van der Waals surface area contributed by atoms with Gasteiger partial charge in [0.15, 0.2) is 0 Å². The first kappa shape index (κ1) is 17.7. The van der Waals surface area contributed by atoms with Gasteiger partial charge < -0.3 is 25.7 Å². The molecule has 9 heteroatoms. The van der Waals surface area contributed by atoms with Gasteiger partial charge in [0.05, 0.1) is 12.7 Å². The normalized spacial score (nSPS) is 10.3. The summed E-state index contributed by atoms with van der Waals surface area (Å²) in [6.07, 6.45) is 0. The van der Waals surface area contributed by atoms with Crippen molar-refractivity contribution < 1.29 is 29.3 Å². The van der Waals surface area contributed by atoms with Crippen molar-refractivity contribution in [1.29, 1.82) is 0 Å². The van der Waals surface area contributed by atoms with Crippen molar-refractivity contribution in [3.8, 4) is 11.1 Å². The Morgan fingerprint density at radius 3 is 2.20 bits per heavy atom. The summed E-state index contributed by atoms with van der Waals surface area (Å²) in [6, 6.07) is 4.16. The fraction of sp³-hybridized carbons (Fsp3) is 0.125. The fourth-order valence-electron chi connectivity index (χ4n) is 2.50. The molecule has 9 nitrogen and oxygen atoms in total. The third-order valence-electron chi connectivity index (χ3n) is 3.46. The maximum Gasteiger partial charge on any atom is 0.342 e. The molecule has 0 bridgehead atoms. The summed E-state index contributed by atoms with van der Waals surface area (Å²) in [7, 11) is 1.17. The standard InChI is InChI=1S/C16H14N2O7/c1-6-3-7(5-8(4-6)16(24)25-2)9-10(14(20)21)12(17)18-13(19)11(9)15(22)23/h3-5H,1-2H3,(H,20,21)(H,22,23)(H3,17,18,19). The number of aryl methyl sites for hydroxylation is 1. The smallest absolute Gasteiger partial charge is 0.342 e. The minimum atomic E-state index is -1.63. The van der Waals surface area contributed by atoms with Crippen molar-refractivity contribution in [2.75, 3.05) is 12.8 Å². The number of nitrogens with one attached hydrogen (secondary N) is 1. The lowest BCUT2D eigenvalue weighted by Crippen LogP contribution is -2.24. The number of carboxylic acid groups (broad SMARTS) is 2. The first-order valence-electron chi connectivity index (χ1n) is 6.90. The van der Waals surface area contributed by atoms with Gasteiger partial charge in [-0.05, 0) is 30.2 Å². The summed E-state index contributed by atoms with van der Waals surface area (Å²) >= 11 is 0. The number of pyridine rings is 1. The fourth-order valence-corrected chi connectivity index (χ4v) is 2.50. The number of hydrogen-bond donors (Lipinski definition) is 4. The lowest BCUT2D eigenvalue weighted by atomic mass is 9.93. The highest BCUT2D eigenvalue weighted by Crippen LogP contribution is 2.30. The molecule has 0 radical (unpaired) electrons. The molecule has 1 aromatic heterocycles. The monoisotopic (exact) mass is 346 g/mol. The number of carbonyl (C=O) groups excluding carboxylic acids is 1. The summed E-state index contributed by atoms with van der Waals surface area (Å²) < 4.78 is 4.62. The number of aromatic carboxylic acids is 2. The van der Waals surface area contributed by atoms with E-state index in [1.165, 1.54) is 25.3 Å². The molecule has 0 saturated carbocycles. The third kappa shape index (κ3) is 3.20. The van der Waals surface area contributed by atoms with Crippen LogP contribution >= 0.6 is 0 Å². The van der Waals surface area contributed by atoms with E-state index < -0.39 is 40.4 Å². The van der Waals surface area contributed by atoms with E-state index in [2.05, 4.69) is 4.74 Å². The van der Waals surface area contributed by atoms with Gasteiger partial charge in [0, 0.05) is 5.56 Å². The van der Waals surface area contributed by atoms with Crippen LogP contribution in [0.15, 0.2) is 23.0 Å². The molecule has 0 atom stereocenters. The zero-order chi connectivity index (χ0) is 18.9. The molecule has 0 saturated heterocycles. The molecule has 0 amide bonds. The number of H-pyrrole nitrogens is 1. The van der Waals surface area contributed by atoms with Crippen LogP contribution in [0.3, 0.4) is 0 Å². The van der Waals surface area contributed by atoms with Crippen LogP contribution in [0.2, 0.25) is 0 Å². The Hall–Kier alpha value is -3.62. The quantitative estimate of drug-likeness (QED) is 0.599. The predicted molar refractivity (Wildman–Crippen MR) is 86.9 cm³/mol. The van der Waals surface area contributed by atoms with Gasteiger partial charge in [-0.2, -0.15) is 0 Å². The van der Waals surface area contributed by atoms with Crippen molar-refractivity contribution in [2.24, 2.45) is 0 Å². The van der Waals surface area contributed by atoms with Gasteiger partial charge in [0.1, 0.15) is 16.9 Å². The second kappa shape index (κ2) is 6.48. The van der Waals surface area contributed by atoms with Crippen LogP contribution in [0, 0.1) is 6.92 Å². The molecule has 0 aliphatic carbocycles. The summed E-state index contributed by atoms with van der Waals surface area (Å²) in [5, 5.41) is 18.8. The molecule has 1 heterocycles. The van der Waals surface area contributed by atoms with E-state index in [1.807, 2.05) is 4.98 Å². The molecule has 0 spiro atoms. The SMILES string of the molecule is COC(=O)c1cc(C)cc(-c2c(C(=O)O)c(N)[nH]c(=O)c2C(=O)O)c1. The zero-order valence-electron chi connectivity index (χ0n) is 13.2. The number of hydrogen-bond acceptors (Lipinski definition) is 6. The van der Waals surface area contributed by atoms with Crippen LogP contribution in [-0.2, 0) is 4.74 Å². The van der Waals surface area contributed by atoms with E-state index in [-0.39, 0.29) is 16.7 Å². The second-order valence-corrected chi connectivity index (χ2v) is 5.18. The Morgan fingerprint density at radius 1 is 1.08 bits per heavy atom. The van der Waals surface area contributed by atoms with E-state index in [0.717, 1.165) is 0 Å². The average Bonchev–Trinajstić information content (AvgIpc) is 2.51. The number of carboxylic acids is 2. The number of anilines is 1. The first-order chi connectivity index (χ1) is 11.7. The highest BCUT2D eigenvalue weighted by atomic mass is 16.5. The first-order valence-corrected chi connectivity index (χ1v) is 6.90. The van der Waals surface area contributed by atoms with E-state index in [0.29, 0.717) is 5.56 Å². The molecule has 5 N–H and O–H groups in total. The van der Waals surface area contributed by atoms with E-state index in [1.54, 1.807) is 6.92 Å². The van der Waals surface area contributed by atoms with Crippen molar-refractivity contribution >= 4 is 23.7 Å². The van der Waals surface area contributed by atoms with E-state index in [4.69, 9.17) is 5.73 Å². The third-order valence-corrected chi connectivity index (χ3v) is 3.46. The van der Waals surface area contributed by atoms with Crippen LogP contribution in [0.5, 0.6) is 0 Å². The molecular weight excluding hydrogens is 332 g/mol. The van der Waals surface area contributed by atoms with Crippen molar-refractivity contribution in [3.63, 3.8) is 0 Å². The number of ether oxygens (including phenoxy) is 1. The van der Waals surface area contributed by atoms with Gasteiger partial charge >= 0.3 is 17.9 Å². The minimum Gasteiger partial charge on any atom is -0.478 e. The Bertz CT molecular complexity index is 960. The van der Waals surface area contributed by atoms with Crippen LogP contribution in [0.25, 0.3) is 11.1 Å². The number of carbonyl (C=O) groups is 3. The van der Waals surface area contributed by atoms with Crippen molar-refractivity contribution in [2.45, 2.75) is 6.92 Å². The van der Waals surface area contributed by atoms with Crippen LogP contribution < -0.4 is 11.3 Å². The number of benzene rings is 1. The molecule has 1 aromatic carbocycles. The number of aromatic amines is 1. The zero-order valence-corrected chi connectivity index (χ0v) is 13.2. The summed E-state index contributed by atoms with van der Waals surface area (Å²) in [5.74, 6) is -4.33. The topological polar surface area (TPSA) is 160 Å². The second-order valence-electron chi connectivity index (χ2n) is 5.18. The van der Waals surface area contributed by atoms with Gasteiger partial charge in [-0.15, -0.1) is 0 Å². The number of aromatic nitrogens is 1. The highest BCUT2D eigenvalue weighted by molar-refractivity contribution is 6.07. The predicted octanol–water partition coefficient (Wildman–Crippen LogP) is 1.12. The van der Waals surface area contributed by atoms with E-state index >= 15 is 0 Å². The molecule has 25 heavy (non-hydrogen) atoms. The summed E-state index contributed by atoms with van der Waals surface area (Å²) in [5.41, 5.74) is 3.44. The lowest BCUT2D eigenvalue weighted by molar-refractivity contribution is 0.0599. The maximum absolute atomic E-state index is 12.0. The van der Waals surface area contributed by atoms with Gasteiger partial charge in [0.25, 0.3) is 5.56 Å². The number of esters is 1. The molecule has 0 aliphatic heterocycles. The van der Waals surface area contributed by atoms with Gasteiger partial charge in [-0.25, -0.2) is 14.4 Å². The Kier molecular flexibility index (Phi) is 4.59. The molecule has 2 rings (SSSR count). The number of nitrogen functional groups attached to an aromatic ring is 1. The molecule has 0 fully saturated rings. The van der Waals surface area contributed by atoms with Crippen molar-refractivity contribution in [1.82, 2.24) is 4.98 Å². The molecule has 0 aliphatic rings. The number of methoxy groups -OCH3 is 1. The summed E-state index contributed by atoms with van der Waals surface area (Å²) in [6.45, 7) is 1.62. The lowest BCUT2D eigenvalue weighted by Gasteiger charge is -2.13. The number of nitrogens with two attached hydrogens (primary N) is 1. The Morgan fingerprint density at radius 2 is 1.68 bits per heavy atom.